The molecule has 0 spiro atoms. The van der Waals surface area contributed by atoms with Gasteiger partial charge in [0.2, 0.25) is 0 Å². The van der Waals surface area contributed by atoms with E-state index in [1.165, 1.54) is 0 Å². The van der Waals surface area contributed by atoms with E-state index in [0.29, 0.717) is 11.9 Å². The van der Waals surface area contributed by atoms with Gasteiger partial charge in [0.1, 0.15) is 0 Å². The summed E-state index contributed by atoms with van der Waals surface area (Å²) in [5, 5.41) is 2.05. The van der Waals surface area contributed by atoms with Crippen LogP contribution in [-0.4, -0.2) is 17.0 Å². The Bertz CT molecular complexity index is 1830. The SMILES string of the molecule is Cc1ccc(S(=O)(=O)n2c(Cc3cn(C)c4ccccc34)c(-c3ccccc3)c3ccccc32)cc1. The Balaban J connectivity index is 1.70. The number of aryl methyl sites for hydroxylation is 2. The zero-order valence-corrected chi connectivity index (χ0v) is 21.0. The van der Waals surface area contributed by atoms with Gasteiger partial charge in [0.15, 0.2) is 0 Å². The number of aromatic nitrogens is 2. The van der Waals surface area contributed by atoms with Crippen molar-refractivity contribution in [1.82, 2.24) is 8.54 Å². The molecule has 0 aliphatic heterocycles. The fraction of sp³-hybridized carbons (Fsp3) is 0.0968. The van der Waals surface area contributed by atoms with Crippen molar-refractivity contribution in [2.24, 2.45) is 7.05 Å². The Hall–Kier alpha value is -4.09. The minimum atomic E-state index is -3.86. The van der Waals surface area contributed by atoms with Crippen LogP contribution in [0.1, 0.15) is 16.8 Å². The van der Waals surface area contributed by atoms with E-state index in [4.69, 9.17) is 0 Å². The van der Waals surface area contributed by atoms with Gasteiger partial charge in [-0.1, -0.05) is 84.4 Å². The molecule has 2 heterocycles. The zero-order chi connectivity index (χ0) is 24.9. The molecule has 0 bridgehead atoms. The molecule has 36 heavy (non-hydrogen) atoms. The Morgan fingerprint density at radius 2 is 1.31 bits per heavy atom. The normalized spacial score (nSPS) is 11.9. The summed E-state index contributed by atoms with van der Waals surface area (Å²) in [5.41, 5.74) is 6.64. The molecule has 0 amide bonds. The smallest absolute Gasteiger partial charge is 0.268 e. The Morgan fingerprint density at radius 1 is 0.694 bits per heavy atom. The van der Waals surface area contributed by atoms with Gasteiger partial charge in [0.25, 0.3) is 10.0 Å². The Morgan fingerprint density at radius 3 is 2.03 bits per heavy atom. The van der Waals surface area contributed by atoms with Crippen molar-refractivity contribution < 1.29 is 8.42 Å². The minimum absolute atomic E-state index is 0.285. The van der Waals surface area contributed by atoms with Crippen LogP contribution < -0.4 is 0 Å². The van der Waals surface area contributed by atoms with Crippen molar-refractivity contribution in [3.8, 4) is 11.1 Å². The van der Waals surface area contributed by atoms with E-state index < -0.39 is 10.0 Å². The van der Waals surface area contributed by atoms with Crippen LogP contribution in [0.25, 0.3) is 32.9 Å². The molecule has 2 aromatic heterocycles. The first-order valence-electron chi connectivity index (χ1n) is 12.0. The van der Waals surface area contributed by atoms with Crippen molar-refractivity contribution in [1.29, 1.82) is 0 Å². The highest BCUT2D eigenvalue weighted by Crippen LogP contribution is 2.39. The fourth-order valence-corrected chi connectivity index (χ4v) is 6.74. The second-order valence-corrected chi connectivity index (χ2v) is 11.0. The van der Waals surface area contributed by atoms with Gasteiger partial charge in [-0.2, -0.15) is 0 Å². The molecule has 0 saturated heterocycles. The van der Waals surface area contributed by atoms with Gasteiger partial charge in [-0.15, -0.1) is 0 Å². The number of para-hydroxylation sites is 2. The highest BCUT2D eigenvalue weighted by atomic mass is 32.2. The molecule has 4 nitrogen and oxygen atoms in total. The summed E-state index contributed by atoms with van der Waals surface area (Å²) in [6, 6.07) is 33.2. The van der Waals surface area contributed by atoms with E-state index in [1.54, 1.807) is 16.1 Å². The van der Waals surface area contributed by atoms with Crippen LogP contribution in [0, 0.1) is 6.92 Å². The maximum Gasteiger partial charge on any atom is 0.268 e. The van der Waals surface area contributed by atoms with Crippen LogP contribution >= 0.6 is 0 Å². The maximum atomic E-state index is 14.2. The van der Waals surface area contributed by atoms with Gasteiger partial charge < -0.3 is 4.57 Å². The number of nitrogens with zero attached hydrogens (tertiary/aromatic N) is 2. The second-order valence-electron chi connectivity index (χ2n) is 9.25. The lowest BCUT2D eigenvalue weighted by atomic mass is 9.98. The first-order chi connectivity index (χ1) is 17.4. The van der Waals surface area contributed by atoms with Crippen LogP contribution in [0.3, 0.4) is 0 Å². The molecule has 0 unspecified atom stereocenters. The first-order valence-corrected chi connectivity index (χ1v) is 13.4. The van der Waals surface area contributed by atoms with E-state index in [1.807, 2.05) is 80.7 Å². The summed E-state index contributed by atoms with van der Waals surface area (Å²) in [4.78, 5) is 0.285. The van der Waals surface area contributed by atoms with Gasteiger partial charge in [-0.3, -0.25) is 0 Å². The van der Waals surface area contributed by atoms with E-state index in [9.17, 15) is 8.42 Å². The molecule has 0 radical (unpaired) electrons. The monoisotopic (exact) mass is 490 g/mol. The lowest BCUT2D eigenvalue weighted by molar-refractivity contribution is 0.587. The summed E-state index contributed by atoms with van der Waals surface area (Å²) in [6.45, 7) is 1.96. The summed E-state index contributed by atoms with van der Waals surface area (Å²) in [5.74, 6) is 0. The van der Waals surface area contributed by atoms with Gasteiger partial charge in [-0.25, -0.2) is 12.4 Å². The topological polar surface area (TPSA) is 44.0 Å². The summed E-state index contributed by atoms with van der Waals surface area (Å²) in [7, 11) is -1.83. The predicted molar refractivity (Wildman–Crippen MR) is 147 cm³/mol. The number of hydrogen-bond donors (Lipinski definition) is 0. The van der Waals surface area contributed by atoms with Crippen molar-refractivity contribution in [2.75, 3.05) is 0 Å². The van der Waals surface area contributed by atoms with Crippen molar-refractivity contribution in [2.45, 2.75) is 18.2 Å². The number of hydrogen-bond acceptors (Lipinski definition) is 2. The average molecular weight is 491 g/mol. The molecule has 4 aromatic carbocycles. The predicted octanol–water partition coefficient (Wildman–Crippen LogP) is 6.94. The third-order valence-corrected chi connectivity index (χ3v) is 8.65. The first kappa shape index (κ1) is 22.4. The standard InChI is InChI=1S/C31H26N2O2S/c1-22-16-18-25(19-17-22)36(34,35)33-29-15-9-7-13-27(29)31(23-10-4-3-5-11-23)30(33)20-24-21-32(2)28-14-8-6-12-26(24)28/h3-19,21H,20H2,1-2H3. The molecular formula is C31H26N2O2S. The zero-order valence-electron chi connectivity index (χ0n) is 20.2. The van der Waals surface area contributed by atoms with E-state index in [0.717, 1.165) is 44.2 Å². The van der Waals surface area contributed by atoms with Crippen LogP contribution in [0.4, 0.5) is 0 Å². The average Bonchev–Trinajstić information content (AvgIpc) is 3.40. The number of rotatable bonds is 5. The molecule has 5 heteroatoms. The molecule has 6 aromatic rings. The van der Waals surface area contributed by atoms with Gasteiger partial charge in [0.05, 0.1) is 10.4 Å². The highest BCUT2D eigenvalue weighted by Gasteiger charge is 2.28. The summed E-state index contributed by atoms with van der Waals surface area (Å²) >= 11 is 0. The molecule has 178 valence electrons. The molecule has 0 fully saturated rings. The van der Waals surface area contributed by atoms with Crippen molar-refractivity contribution >= 4 is 31.8 Å². The van der Waals surface area contributed by atoms with Crippen LogP contribution in [0.5, 0.6) is 0 Å². The van der Waals surface area contributed by atoms with E-state index >= 15 is 0 Å². The molecular weight excluding hydrogens is 464 g/mol. The quantitative estimate of drug-likeness (QED) is 0.263. The van der Waals surface area contributed by atoms with Crippen LogP contribution in [-0.2, 0) is 23.5 Å². The number of fused-ring (bicyclic) bond motifs is 2. The molecule has 0 N–H and O–H groups in total. The minimum Gasteiger partial charge on any atom is -0.350 e. The van der Waals surface area contributed by atoms with E-state index in [-0.39, 0.29) is 4.90 Å². The maximum absolute atomic E-state index is 14.2. The van der Waals surface area contributed by atoms with Crippen molar-refractivity contribution in [3.63, 3.8) is 0 Å². The third kappa shape index (κ3) is 3.55. The van der Waals surface area contributed by atoms with E-state index in [2.05, 4.69) is 35.0 Å². The van der Waals surface area contributed by atoms with Gasteiger partial charge in [0, 0.05) is 47.2 Å². The Kier molecular flexibility index (Phi) is 5.31. The fourth-order valence-electron chi connectivity index (χ4n) is 5.19. The number of benzene rings is 4. The van der Waals surface area contributed by atoms with Crippen molar-refractivity contribution in [3.05, 3.63) is 126 Å². The van der Waals surface area contributed by atoms with Gasteiger partial charge >= 0.3 is 0 Å². The van der Waals surface area contributed by atoms with Crippen LogP contribution in [0.15, 0.2) is 114 Å². The molecule has 6 rings (SSSR count). The van der Waals surface area contributed by atoms with Crippen LogP contribution in [0.2, 0.25) is 0 Å². The molecule has 0 aliphatic carbocycles. The largest absolute Gasteiger partial charge is 0.350 e. The highest BCUT2D eigenvalue weighted by molar-refractivity contribution is 7.90. The lowest BCUT2D eigenvalue weighted by Crippen LogP contribution is -2.16. The molecule has 0 saturated carbocycles. The summed E-state index contributed by atoms with van der Waals surface area (Å²) < 4.78 is 32.2. The molecule has 0 aliphatic rings. The lowest BCUT2D eigenvalue weighted by Gasteiger charge is -2.14. The van der Waals surface area contributed by atoms with Gasteiger partial charge in [-0.05, 0) is 42.3 Å². The third-order valence-electron chi connectivity index (χ3n) is 6.88. The second kappa shape index (κ2) is 8.54. The Labute approximate surface area is 211 Å². The summed E-state index contributed by atoms with van der Waals surface area (Å²) in [6.07, 6.45) is 2.59. The molecule has 0 atom stereocenters.